The van der Waals surface area contributed by atoms with E-state index in [9.17, 15) is 13.6 Å². The summed E-state index contributed by atoms with van der Waals surface area (Å²) in [5.41, 5.74) is 2.49. The number of halogens is 2. The van der Waals surface area contributed by atoms with Gasteiger partial charge in [0.05, 0.1) is 23.5 Å². The molecule has 1 aliphatic rings. The van der Waals surface area contributed by atoms with Crippen molar-refractivity contribution in [2.24, 2.45) is 7.05 Å². The van der Waals surface area contributed by atoms with E-state index < -0.39 is 11.6 Å². The number of anilines is 1. The van der Waals surface area contributed by atoms with Crippen molar-refractivity contribution < 1.29 is 8.78 Å². The molecule has 0 unspecified atom stereocenters. The molecule has 180 valence electrons. The van der Waals surface area contributed by atoms with E-state index in [1.54, 1.807) is 28.6 Å². The Morgan fingerprint density at radius 2 is 1.91 bits per heavy atom. The van der Waals surface area contributed by atoms with Gasteiger partial charge in [0.15, 0.2) is 0 Å². The van der Waals surface area contributed by atoms with Gasteiger partial charge in [-0.05, 0) is 25.8 Å². The van der Waals surface area contributed by atoms with Gasteiger partial charge in [0.1, 0.15) is 23.7 Å². The summed E-state index contributed by atoms with van der Waals surface area (Å²) in [6.07, 6.45) is 3.38. The summed E-state index contributed by atoms with van der Waals surface area (Å²) in [6, 6.07) is 7.44. The van der Waals surface area contributed by atoms with E-state index in [0.717, 1.165) is 24.6 Å². The molecule has 0 bridgehead atoms. The van der Waals surface area contributed by atoms with Crippen LogP contribution in [0.25, 0.3) is 11.0 Å². The molecule has 9 heteroatoms. The Morgan fingerprint density at radius 1 is 1.18 bits per heavy atom. The van der Waals surface area contributed by atoms with Crippen LogP contribution in [0, 0.1) is 23.0 Å². The molecular weight excluding hydrogens is 438 g/mol. The number of pyridine rings is 1. The highest BCUT2D eigenvalue weighted by Gasteiger charge is 2.37. The van der Waals surface area contributed by atoms with Gasteiger partial charge in [0, 0.05) is 56.0 Å². The number of rotatable bonds is 6. The van der Waals surface area contributed by atoms with E-state index >= 15 is 0 Å². The predicted molar refractivity (Wildman–Crippen MR) is 128 cm³/mol. The third-order valence-electron chi connectivity index (χ3n) is 7.07. The number of aromatic nitrogens is 3. The van der Waals surface area contributed by atoms with E-state index in [1.807, 2.05) is 6.92 Å². The molecule has 2 aromatic heterocycles. The second kappa shape index (κ2) is 9.55. The lowest BCUT2D eigenvalue weighted by Gasteiger charge is -2.49. The molecule has 34 heavy (non-hydrogen) atoms. The largest absolute Gasteiger partial charge is 0.364 e. The van der Waals surface area contributed by atoms with Crippen molar-refractivity contribution >= 4 is 16.7 Å². The third kappa shape index (κ3) is 4.18. The molecule has 1 aromatic carbocycles. The molecule has 3 atom stereocenters. The van der Waals surface area contributed by atoms with Crippen LogP contribution in [0.15, 0.2) is 35.3 Å². The lowest BCUT2D eigenvalue weighted by molar-refractivity contribution is 0.0993. The number of aryl methyl sites for hydroxylation is 1. The quantitative estimate of drug-likeness (QED) is 0.547. The minimum atomic E-state index is -0.581. The average molecular weight is 469 g/mol. The van der Waals surface area contributed by atoms with Gasteiger partial charge in [-0.25, -0.2) is 8.78 Å². The smallest absolute Gasteiger partial charge is 0.252 e. The zero-order valence-corrected chi connectivity index (χ0v) is 20.0. The lowest BCUT2D eigenvalue weighted by Crippen LogP contribution is -2.59. The summed E-state index contributed by atoms with van der Waals surface area (Å²) in [5.74, 6) is -1.11. The highest BCUT2D eigenvalue weighted by atomic mass is 19.1. The van der Waals surface area contributed by atoms with Crippen molar-refractivity contribution in [3.05, 3.63) is 58.0 Å². The van der Waals surface area contributed by atoms with Gasteiger partial charge in [-0.1, -0.05) is 19.9 Å². The molecule has 3 heterocycles. The van der Waals surface area contributed by atoms with Crippen molar-refractivity contribution in [1.82, 2.24) is 19.2 Å². The number of hydrogen-bond donors (Lipinski definition) is 0. The Balaban J connectivity index is 1.73. The number of nitrogens with zero attached hydrogens (tertiary/aromatic N) is 6. The molecule has 0 radical (unpaired) electrons. The van der Waals surface area contributed by atoms with Crippen LogP contribution in [0.1, 0.15) is 45.2 Å². The molecule has 7 nitrogen and oxygen atoms in total. The highest BCUT2D eigenvalue weighted by molar-refractivity contribution is 5.88. The number of piperazine rings is 1. The zero-order chi connectivity index (χ0) is 24.6. The monoisotopic (exact) mass is 468 g/mol. The minimum absolute atomic E-state index is 0.0742. The van der Waals surface area contributed by atoms with Crippen LogP contribution in [0.4, 0.5) is 14.5 Å². The fourth-order valence-electron chi connectivity index (χ4n) is 5.09. The fourth-order valence-corrected chi connectivity index (χ4v) is 5.09. The molecule has 0 N–H and O–H groups in total. The van der Waals surface area contributed by atoms with Crippen molar-refractivity contribution in [3.8, 4) is 6.07 Å². The number of benzene rings is 1. The van der Waals surface area contributed by atoms with Gasteiger partial charge in [-0.2, -0.15) is 10.4 Å². The van der Waals surface area contributed by atoms with Crippen LogP contribution in [0.3, 0.4) is 0 Å². The molecule has 0 saturated carbocycles. The summed E-state index contributed by atoms with van der Waals surface area (Å²) in [7, 11) is 1.70. The van der Waals surface area contributed by atoms with Crippen LogP contribution in [-0.4, -0.2) is 44.4 Å². The van der Waals surface area contributed by atoms with Crippen molar-refractivity contribution in [3.63, 3.8) is 0 Å². The summed E-state index contributed by atoms with van der Waals surface area (Å²) in [6.45, 7) is 7.57. The third-order valence-corrected chi connectivity index (χ3v) is 7.07. The Bertz CT molecular complexity index is 1290. The van der Waals surface area contributed by atoms with Crippen LogP contribution in [0.5, 0.6) is 0 Å². The molecule has 1 aliphatic heterocycles. The van der Waals surface area contributed by atoms with Crippen molar-refractivity contribution in [1.29, 1.82) is 5.26 Å². The first kappa shape index (κ1) is 23.9. The van der Waals surface area contributed by atoms with E-state index in [4.69, 9.17) is 5.26 Å². The lowest BCUT2D eigenvalue weighted by atomic mass is 9.96. The van der Waals surface area contributed by atoms with Gasteiger partial charge in [0.25, 0.3) is 5.56 Å². The Kier molecular flexibility index (Phi) is 6.71. The van der Waals surface area contributed by atoms with Gasteiger partial charge < -0.3 is 9.47 Å². The number of fused-ring (bicyclic) bond motifs is 1. The maximum absolute atomic E-state index is 14.6. The Morgan fingerprint density at radius 3 is 2.56 bits per heavy atom. The Labute approximate surface area is 197 Å². The summed E-state index contributed by atoms with van der Waals surface area (Å²) in [5, 5.41) is 13.7. The summed E-state index contributed by atoms with van der Waals surface area (Å²) >= 11 is 0. The first-order valence-corrected chi connectivity index (χ1v) is 11.7. The maximum atomic E-state index is 14.6. The average Bonchev–Trinajstić information content (AvgIpc) is 3.24. The molecule has 1 saturated heterocycles. The zero-order valence-electron chi connectivity index (χ0n) is 20.0. The maximum Gasteiger partial charge on any atom is 0.252 e. The summed E-state index contributed by atoms with van der Waals surface area (Å²) in [4.78, 5) is 17.3. The van der Waals surface area contributed by atoms with Crippen LogP contribution in [-0.2, 0) is 13.6 Å². The number of hydrogen-bond acceptors (Lipinski definition) is 5. The topological polar surface area (TPSA) is 70.1 Å². The van der Waals surface area contributed by atoms with Gasteiger partial charge in [-0.15, -0.1) is 0 Å². The van der Waals surface area contributed by atoms with Crippen molar-refractivity contribution in [2.45, 2.75) is 58.3 Å². The van der Waals surface area contributed by atoms with Crippen LogP contribution in [0.2, 0.25) is 0 Å². The molecule has 1 fully saturated rings. The highest BCUT2D eigenvalue weighted by Crippen LogP contribution is 2.35. The molecule has 0 amide bonds. The standard InChI is InChI=1S/C25H30F2N6O/c1-5-18-14-33(22-12-24(34)30(4)23-15-31(10-9-28)29-25(22)23)19(6-2)13-32(18)16(3)20-8-7-17(26)11-21(20)27/h7-8,11-12,15-16,18-19H,5-6,10,13-14H2,1-4H3/t16-,18-,19+/m1/s1. The SMILES string of the molecule is CC[C@H]1CN([C@H](C)c2ccc(F)cc2F)[C@H](CC)CN1c1cc(=O)n(C)c2cn(CC#N)nc12. The Hall–Kier alpha value is -3.25. The van der Waals surface area contributed by atoms with E-state index in [1.165, 1.54) is 12.1 Å². The summed E-state index contributed by atoms with van der Waals surface area (Å²) < 4.78 is 31.2. The van der Waals surface area contributed by atoms with Crippen LogP contribution >= 0.6 is 0 Å². The molecule has 0 aliphatic carbocycles. The first-order valence-electron chi connectivity index (χ1n) is 11.7. The molecule has 0 spiro atoms. The second-order valence-electron chi connectivity index (χ2n) is 8.96. The molecular formula is C25H30F2N6O. The van der Waals surface area contributed by atoms with Gasteiger partial charge >= 0.3 is 0 Å². The molecule has 3 aromatic rings. The first-order chi connectivity index (χ1) is 16.3. The normalized spacial score (nSPS) is 20.0. The van der Waals surface area contributed by atoms with E-state index in [2.05, 4.69) is 34.8 Å². The van der Waals surface area contributed by atoms with Crippen molar-refractivity contribution in [2.75, 3.05) is 18.0 Å². The number of nitriles is 1. The fraction of sp³-hybridized carbons (Fsp3) is 0.480. The van der Waals surface area contributed by atoms with Crippen LogP contribution < -0.4 is 10.5 Å². The second-order valence-corrected chi connectivity index (χ2v) is 8.96. The minimum Gasteiger partial charge on any atom is -0.364 e. The van der Waals surface area contributed by atoms with Gasteiger partial charge in [0.2, 0.25) is 0 Å². The van der Waals surface area contributed by atoms with E-state index in [-0.39, 0.29) is 30.2 Å². The molecule has 4 rings (SSSR count). The predicted octanol–water partition coefficient (Wildman–Crippen LogP) is 3.98. The van der Waals surface area contributed by atoms with E-state index in [0.29, 0.717) is 29.7 Å². The van der Waals surface area contributed by atoms with Gasteiger partial charge in [-0.3, -0.25) is 14.4 Å².